The molecule has 1 atom stereocenters. The van der Waals surface area contributed by atoms with Crippen LogP contribution >= 0.6 is 16.5 Å². The molecule has 0 aliphatic rings. The molecule has 0 saturated heterocycles. The molecule has 0 heterocycles. The quantitative estimate of drug-likeness (QED) is 0.344. The highest BCUT2D eigenvalue weighted by atomic mass is 31.1. The van der Waals surface area contributed by atoms with Gasteiger partial charge in [-0.15, -0.1) is 0 Å². The molecule has 28 heavy (non-hydrogen) atoms. The van der Waals surface area contributed by atoms with E-state index in [0.717, 1.165) is 20.9 Å². The minimum atomic E-state index is -0.390. The third-order valence-electron chi connectivity index (χ3n) is 4.74. The number of rotatable bonds is 7. The van der Waals surface area contributed by atoms with E-state index in [4.69, 9.17) is 0 Å². The normalized spacial score (nSPS) is 11.3. The summed E-state index contributed by atoms with van der Waals surface area (Å²) >= 11 is 0. The van der Waals surface area contributed by atoms with Gasteiger partial charge in [0, 0.05) is 6.16 Å². The van der Waals surface area contributed by atoms with Gasteiger partial charge in [0.25, 0.3) is 0 Å². The second-order valence-electron chi connectivity index (χ2n) is 6.80. The molecule has 0 aliphatic carbocycles. The molecule has 0 nitrogen and oxygen atoms in total. The Morgan fingerprint density at radius 2 is 1.07 bits per heavy atom. The van der Waals surface area contributed by atoms with Crippen molar-refractivity contribution in [1.29, 1.82) is 0 Å². The summed E-state index contributed by atoms with van der Waals surface area (Å²) < 4.78 is 0. The lowest BCUT2D eigenvalue weighted by Crippen LogP contribution is -2.13. The van der Waals surface area contributed by atoms with Crippen LogP contribution in [0.3, 0.4) is 0 Å². The molecular formula is C26H24P2. The van der Waals surface area contributed by atoms with Crippen molar-refractivity contribution in [2.75, 3.05) is 0 Å². The van der Waals surface area contributed by atoms with Gasteiger partial charge < -0.3 is 0 Å². The summed E-state index contributed by atoms with van der Waals surface area (Å²) in [5.74, 6) is 0. The second-order valence-corrected chi connectivity index (χ2v) is 10.3. The van der Waals surface area contributed by atoms with Gasteiger partial charge in [0.2, 0.25) is 0 Å². The topological polar surface area (TPSA) is 0 Å². The van der Waals surface area contributed by atoms with E-state index < -0.39 is 7.92 Å². The SMILES string of the molecule is c1ccc(PCc2cccc(CP(c3ccccc3)c3ccccc3)c2)cc1. The predicted molar refractivity (Wildman–Crippen MR) is 127 cm³/mol. The largest absolute Gasteiger partial charge is 0.0859 e. The molecule has 0 fully saturated rings. The van der Waals surface area contributed by atoms with Crippen LogP contribution in [0, 0.1) is 0 Å². The lowest BCUT2D eigenvalue weighted by Gasteiger charge is -2.19. The first-order valence-corrected chi connectivity index (χ1v) is 12.4. The fourth-order valence-corrected chi connectivity index (χ4v) is 6.67. The summed E-state index contributed by atoms with van der Waals surface area (Å²) in [4.78, 5) is 0. The molecule has 0 spiro atoms. The standard InChI is InChI=1S/C26H24P2/c1-4-13-24(14-5-1)27-20-22-11-10-12-23(19-22)21-28(25-15-6-2-7-16-25)26-17-8-3-9-18-26/h1-19,27H,20-21H2. The molecular weight excluding hydrogens is 374 g/mol. The van der Waals surface area contributed by atoms with Crippen LogP contribution in [0.1, 0.15) is 11.1 Å². The van der Waals surface area contributed by atoms with Crippen molar-refractivity contribution in [3.8, 4) is 0 Å². The predicted octanol–water partition coefficient (Wildman–Crippen LogP) is 5.82. The van der Waals surface area contributed by atoms with Crippen LogP contribution in [-0.2, 0) is 12.3 Å². The van der Waals surface area contributed by atoms with Gasteiger partial charge in [-0.3, -0.25) is 0 Å². The molecule has 0 bridgehead atoms. The fourth-order valence-electron chi connectivity index (χ4n) is 3.33. The smallest absolute Gasteiger partial charge is 0.000753 e. The van der Waals surface area contributed by atoms with E-state index in [9.17, 15) is 0 Å². The van der Waals surface area contributed by atoms with Crippen molar-refractivity contribution in [2.45, 2.75) is 12.3 Å². The van der Waals surface area contributed by atoms with Crippen LogP contribution in [0.25, 0.3) is 0 Å². The maximum absolute atomic E-state index is 2.41. The lowest BCUT2D eigenvalue weighted by atomic mass is 10.2. The Morgan fingerprint density at radius 1 is 0.536 bits per heavy atom. The molecule has 4 aromatic carbocycles. The molecule has 138 valence electrons. The molecule has 0 saturated carbocycles. The van der Waals surface area contributed by atoms with E-state index in [1.807, 2.05) is 0 Å². The molecule has 0 aromatic heterocycles. The first-order chi connectivity index (χ1) is 13.9. The zero-order chi connectivity index (χ0) is 19.0. The van der Waals surface area contributed by atoms with Crippen molar-refractivity contribution < 1.29 is 0 Å². The molecule has 4 aromatic rings. The van der Waals surface area contributed by atoms with Crippen molar-refractivity contribution in [3.05, 3.63) is 126 Å². The number of hydrogen-bond acceptors (Lipinski definition) is 0. The second kappa shape index (κ2) is 9.79. The molecule has 2 heteroatoms. The van der Waals surface area contributed by atoms with Gasteiger partial charge in [0.1, 0.15) is 0 Å². The number of benzene rings is 4. The van der Waals surface area contributed by atoms with Crippen LogP contribution < -0.4 is 15.9 Å². The van der Waals surface area contributed by atoms with E-state index in [1.54, 1.807) is 0 Å². The maximum Gasteiger partial charge on any atom is 0.000753 e. The minimum Gasteiger partial charge on any atom is -0.0859 e. The summed E-state index contributed by atoms with van der Waals surface area (Å²) in [6.45, 7) is 0. The average molecular weight is 398 g/mol. The highest BCUT2D eigenvalue weighted by Gasteiger charge is 2.14. The Balaban J connectivity index is 1.54. The van der Waals surface area contributed by atoms with Crippen molar-refractivity contribution in [2.24, 2.45) is 0 Å². The monoisotopic (exact) mass is 398 g/mol. The zero-order valence-corrected chi connectivity index (χ0v) is 17.7. The molecule has 4 rings (SSSR count). The molecule has 0 amide bonds. The van der Waals surface area contributed by atoms with Crippen LogP contribution in [0.4, 0.5) is 0 Å². The van der Waals surface area contributed by atoms with Gasteiger partial charge in [-0.2, -0.15) is 0 Å². The molecule has 1 unspecified atom stereocenters. The van der Waals surface area contributed by atoms with E-state index in [-0.39, 0.29) is 0 Å². The van der Waals surface area contributed by atoms with E-state index in [1.165, 1.54) is 27.0 Å². The zero-order valence-electron chi connectivity index (χ0n) is 15.8. The van der Waals surface area contributed by atoms with Crippen LogP contribution in [0.2, 0.25) is 0 Å². The number of hydrogen-bond donors (Lipinski definition) is 0. The van der Waals surface area contributed by atoms with E-state index in [0.29, 0.717) is 0 Å². The summed E-state index contributed by atoms with van der Waals surface area (Å²) in [5, 5.41) is 4.32. The third-order valence-corrected chi connectivity index (χ3v) is 8.59. The van der Waals surface area contributed by atoms with Crippen LogP contribution in [0.5, 0.6) is 0 Å². The van der Waals surface area contributed by atoms with Crippen molar-refractivity contribution in [1.82, 2.24) is 0 Å². The molecule has 0 N–H and O–H groups in total. The van der Waals surface area contributed by atoms with Gasteiger partial charge in [-0.1, -0.05) is 124 Å². The van der Waals surface area contributed by atoms with E-state index in [2.05, 4.69) is 115 Å². The first kappa shape index (κ1) is 19.1. The minimum absolute atomic E-state index is 0.390. The summed E-state index contributed by atoms with van der Waals surface area (Å²) in [6, 6.07) is 42.0. The van der Waals surface area contributed by atoms with E-state index >= 15 is 0 Å². The Labute approximate surface area is 171 Å². The first-order valence-electron chi connectivity index (χ1n) is 9.63. The maximum atomic E-state index is 2.41. The van der Waals surface area contributed by atoms with Gasteiger partial charge in [-0.05, 0) is 41.1 Å². The van der Waals surface area contributed by atoms with Crippen molar-refractivity contribution >= 4 is 32.4 Å². The highest BCUT2D eigenvalue weighted by Crippen LogP contribution is 2.38. The Bertz CT molecular complexity index is 943. The van der Waals surface area contributed by atoms with Crippen LogP contribution in [-0.4, -0.2) is 0 Å². The summed E-state index contributed by atoms with van der Waals surface area (Å²) in [5.41, 5.74) is 2.88. The Morgan fingerprint density at radius 3 is 1.68 bits per heavy atom. The van der Waals surface area contributed by atoms with Gasteiger partial charge >= 0.3 is 0 Å². The molecule has 0 radical (unpaired) electrons. The van der Waals surface area contributed by atoms with Crippen LogP contribution in [0.15, 0.2) is 115 Å². The third kappa shape index (κ3) is 5.17. The fraction of sp³-hybridized carbons (Fsp3) is 0.0769. The lowest BCUT2D eigenvalue weighted by molar-refractivity contribution is 1.32. The summed E-state index contributed by atoms with van der Waals surface area (Å²) in [6.07, 6.45) is 2.21. The highest BCUT2D eigenvalue weighted by molar-refractivity contribution is 7.72. The van der Waals surface area contributed by atoms with Crippen molar-refractivity contribution in [3.63, 3.8) is 0 Å². The Hall–Kier alpha value is -2.26. The van der Waals surface area contributed by atoms with Gasteiger partial charge in [0.05, 0.1) is 0 Å². The molecule has 0 aliphatic heterocycles. The Kier molecular flexibility index (Phi) is 6.67. The van der Waals surface area contributed by atoms with Gasteiger partial charge in [-0.25, -0.2) is 0 Å². The average Bonchev–Trinajstić information content (AvgIpc) is 2.78. The van der Waals surface area contributed by atoms with Gasteiger partial charge in [0.15, 0.2) is 0 Å². The summed E-state index contributed by atoms with van der Waals surface area (Å²) in [7, 11) is 0.435.